The first-order chi connectivity index (χ1) is 18.6. The van der Waals surface area contributed by atoms with Gasteiger partial charge in [0.05, 0.1) is 5.54 Å². The molecule has 1 aromatic heterocycles. The summed E-state index contributed by atoms with van der Waals surface area (Å²) in [6.07, 6.45) is 6.55. The number of halogens is 2. The molecule has 7 nitrogen and oxygen atoms in total. The number of likely N-dealkylation sites (N-methyl/N-ethyl adjacent to an activating group) is 1. The number of nitrogens with one attached hydrogen (secondary N) is 1. The van der Waals surface area contributed by atoms with Crippen molar-refractivity contribution in [2.45, 2.75) is 45.0 Å². The Morgan fingerprint density at radius 1 is 1.21 bits per heavy atom. The van der Waals surface area contributed by atoms with Gasteiger partial charge < -0.3 is 14.6 Å². The molecular formula is C30H31F2N3O4. The van der Waals surface area contributed by atoms with E-state index in [2.05, 4.69) is 23.2 Å². The Morgan fingerprint density at radius 3 is 2.64 bits per heavy atom. The zero-order chi connectivity index (χ0) is 28.2. The van der Waals surface area contributed by atoms with Crippen LogP contribution in [0.4, 0.5) is 8.78 Å². The molecule has 0 radical (unpaired) electrons. The number of allylic oxidation sites excluding steroid dienone is 1. The lowest BCUT2D eigenvalue weighted by atomic mass is 9.95. The zero-order valence-corrected chi connectivity index (χ0v) is 22.1. The molecule has 0 spiro atoms. The predicted molar refractivity (Wildman–Crippen MR) is 144 cm³/mol. The minimum absolute atomic E-state index is 0.0103. The number of nitrogens with zero attached hydrogens (tertiary/aromatic N) is 2. The highest BCUT2D eigenvalue weighted by Crippen LogP contribution is 2.30. The second-order valence-corrected chi connectivity index (χ2v) is 10.1. The maximum Gasteiger partial charge on any atom is 0.257 e. The highest BCUT2D eigenvalue weighted by Gasteiger charge is 2.34. The first-order valence-corrected chi connectivity index (χ1v) is 12.6. The smallest absolute Gasteiger partial charge is 0.257 e. The van der Waals surface area contributed by atoms with Gasteiger partial charge in [-0.25, -0.2) is 8.78 Å². The van der Waals surface area contributed by atoms with Gasteiger partial charge in [-0.1, -0.05) is 48.6 Å². The Hall–Kier alpha value is -4.11. The normalized spacial score (nSPS) is 19.4. The van der Waals surface area contributed by atoms with Crippen LogP contribution in [0.15, 0.2) is 71.7 Å². The van der Waals surface area contributed by atoms with Crippen molar-refractivity contribution >= 4 is 12.2 Å². The Kier molecular flexibility index (Phi) is 8.40. The second kappa shape index (κ2) is 11.7. The van der Waals surface area contributed by atoms with E-state index in [4.69, 9.17) is 4.74 Å². The van der Waals surface area contributed by atoms with Crippen molar-refractivity contribution in [3.8, 4) is 5.75 Å². The van der Waals surface area contributed by atoms with Gasteiger partial charge in [0.1, 0.15) is 29.5 Å². The number of benzene rings is 2. The van der Waals surface area contributed by atoms with E-state index in [1.807, 2.05) is 50.4 Å². The van der Waals surface area contributed by atoms with Crippen LogP contribution in [-0.2, 0) is 18.7 Å². The molecule has 0 saturated heterocycles. The lowest BCUT2D eigenvalue weighted by Crippen LogP contribution is -2.45. The van der Waals surface area contributed by atoms with Gasteiger partial charge >= 0.3 is 0 Å². The summed E-state index contributed by atoms with van der Waals surface area (Å²) in [5.74, 6) is -2.56. The molecule has 1 amide bonds. The second-order valence-electron chi connectivity index (χ2n) is 10.1. The van der Waals surface area contributed by atoms with Crippen molar-refractivity contribution in [3.63, 3.8) is 0 Å². The average Bonchev–Trinajstić information content (AvgIpc) is 3.04. The number of pyridine rings is 1. The topological polar surface area (TPSA) is 80.6 Å². The van der Waals surface area contributed by atoms with Crippen LogP contribution in [0.25, 0.3) is 0 Å². The molecule has 1 aliphatic rings. The van der Waals surface area contributed by atoms with Crippen molar-refractivity contribution < 1.29 is 23.1 Å². The van der Waals surface area contributed by atoms with Crippen molar-refractivity contribution in [1.82, 2.24) is 14.8 Å². The molecule has 0 bridgehead atoms. The average molecular weight is 536 g/mol. The molecule has 1 aliphatic heterocycles. The van der Waals surface area contributed by atoms with Gasteiger partial charge in [-0.15, -0.1) is 0 Å². The van der Waals surface area contributed by atoms with E-state index in [0.717, 1.165) is 17.7 Å². The van der Waals surface area contributed by atoms with Crippen molar-refractivity contribution in [1.29, 1.82) is 0 Å². The van der Waals surface area contributed by atoms with Gasteiger partial charge in [-0.05, 0) is 38.9 Å². The first kappa shape index (κ1) is 27.9. The standard InChI is InChI=1S/C30H31F2N3O4/c1-20-8-7-13-30(2,19-34(20)3)35-16-24(29(38)33-15-22-11-12-23(31)14-25(22)32)27(37)28(26(35)17-36)39-18-21-9-5-4-6-10-21/h4-12,14,16-17,20H,13,15,18-19H2,1-3H3,(H,33,38). The van der Waals surface area contributed by atoms with E-state index in [9.17, 15) is 23.2 Å². The summed E-state index contributed by atoms with van der Waals surface area (Å²) in [4.78, 5) is 41.4. The van der Waals surface area contributed by atoms with Crippen LogP contribution >= 0.6 is 0 Å². The molecule has 4 rings (SSSR count). The summed E-state index contributed by atoms with van der Waals surface area (Å²) in [5.41, 5.74) is -0.850. The largest absolute Gasteiger partial charge is 0.483 e. The van der Waals surface area contributed by atoms with E-state index in [1.54, 1.807) is 4.57 Å². The fraction of sp³-hybridized carbons (Fsp3) is 0.300. The number of hydrogen-bond acceptors (Lipinski definition) is 5. The van der Waals surface area contributed by atoms with E-state index < -0.39 is 28.5 Å². The molecule has 2 heterocycles. The number of aldehydes is 1. The van der Waals surface area contributed by atoms with Crippen LogP contribution in [0.1, 0.15) is 52.2 Å². The molecule has 3 aromatic rings. The highest BCUT2D eigenvalue weighted by atomic mass is 19.1. The van der Waals surface area contributed by atoms with E-state index in [-0.39, 0.29) is 41.8 Å². The monoisotopic (exact) mass is 535 g/mol. The lowest BCUT2D eigenvalue weighted by Gasteiger charge is -2.37. The molecular weight excluding hydrogens is 504 g/mol. The third kappa shape index (κ3) is 6.15. The molecule has 9 heteroatoms. The molecule has 2 aromatic carbocycles. The lowest BCUT2D eigenvalue weighted by molar-refractivity contribution is 0.0944. The molecule has 2 unspecified atom stereocenters. The molecule has 0 aliphatic carbocycles. The number of carbonyl (C=O) groups is 2. The fourth-order valence-corrected chi connectivity index (χ4v) is 4.72. The predicted octanol–water partition coefficient (Wildman–Crippen LogP) is 4.44. The van der Waals surface area contributed by atoms with Crippen LogP contribution in [0.3, 0.4) is 0 Å². The summed E-state index contributed by atoms with van der Waals surface area (Å²) in [6, 6.07) is 12.3. The zero-order valence-electron chi connectivity index (χ0n) is 22.1. The molecule has 2 atom stereocenters. The number of rotatable bonds is 8. The third-order valence-corrected chi connectivity index (χ3v) is 7.08. The number of carbonyl (C=O) groups excluding carboxylic acids is 2. The van der Waals surface area contributed by atoms with Gasteiger partial charge in [0.15, 0.2) is 12.0 Å². The van der Waals surface area contributed by atoms with Crippen LogP contribution in [0.5, 0.6) is 5.75 Å². The van der Waals surface area contributed by atoms with Crippen LogP contribution in [-0.4, -0.2) is 41.3 Å². The summed E-state index contributed by atoms with van der Waals surface area (Å²) in [7, 11) is 1.96. The number of amides is 1. The van der Waals surface area contributed by atoms with Gasteiger partial charge in [0.2, 0.25) is 5.43 Å². The quantitative estimate of drug-likeness (QED) is 0.341. The highest BCUT2D eigenvalue weighted by molar-refractivity contribution is 5.95. The minimum atomic E-state index is -0.814. The first-order valence-electron chi connectivity index (χ1n) is 12.6. The Morgan fingerprint density at radius 2 is 1.95 bits per heavy atom. The Labute approximate surface area is 225 Å². The van der Waals surface area contributed by atoms with Gasteiger partial charge in [-0.3, -0.25) is 19.3 Å². The van der Waals surface area contributed by atoms with E-state index in [1.165, 1.54) is 12.3 Å². The maximum absolute atomic E-state index is 14.1. The molecule has 1 N–H and O–H groups in total. The van der Waals surface area contributed by atoms with Crippen LogP contribution in [0.2, 0.25) is 0 Å². The molecule has 0 saturated carbocycles. The van der Waals surface area contributed by atoms with Gasteiger partial charge in [0.25, 0.3) is 5.91 Å². The number of hydrogen-bond donors (Lipinski definition) is 1. The number of aromatic nitrogens is 1. The SMILES string of the molecule is CC1C=CCC(C)(n2cc(C(=O)NCc3ccc(F)cc3F)c(=O)c(OCc3ccccc3)c2C=O)CN1C. The minimum Gasteiger partial charge on any atom is -0.483 e. The number of ether oxygens (including phenoxy) is 1. The summed E-state index contributed by atoms with van der Waals surface area (Å²) in [6.45, 7) is 4.26. The molecule has 204 valence electrons. The van der Waals surface area contributed by atoms with Gasteiger partial charge in [-0.2, -0.15) is 0 Å². The summed E-state index contributed by atoms with van der Waals surface area (Å²) >= 11 is 0. The van der Waals surface area contributed by atoms with Crippen LogP contribution in [0, 0.1) is 11.6 Å². The van der Waals surface area contributed by atoms with Crippen molar-refractivity contribution in [2.75, 3.05) is 13.6 Å². The Bertz CT molecular complexity index is 1450. The van der Waals surface area contributed by atoms with Crippen molar-refractivity contribution in [2.24, 2.45) is 0 Å². The molecule has 39 heavy (non-hydrogen) atoms. The van der Waals surface area contributed by atoms with Crippen LogP contribution < -0.4 is 15.5 Å². The van der Waals surface area contributed by atoms with E-state index >= 15 is 0 Å². The Balaban J connectivity index is 1.77. The molecule has 0 fully saturated rings. The fourth-order valence-electron chi connectivity index (χ4n) is 4.72. The van der Waals surface area contributed by atoms with Crippen molar-refractivity contribution in [3.05, 3.63) is 111 Å². The third-order valence-electron chi connectivity index (χ3n) is 7.08. The summed E-state index contributed by atoms with van der Waals surface area (Å²) < 4.78 is 35.0. The maximum atomic E-state index is 14.1. The van der Waals surface area contributed by atoms with Gasteiger partial charge in [0, 0.05) is 37.0 Å². The van der Waals surface area contributed by atoms with E-state index in [0.29, 0.717) is 19.3 Å². The summed E-state index contributed by atoms with van der Waals surface area (Å²) in [5, 5.41) is 2.54.